The summed E-state index contributed by atoms with van der Waals surface area (Å²) in [7, 11) is 0. The van der Waals surface area contributed by atoms with Crippen LogP contribution in [0.25, 0.3) is 32.4 Å². The lowest BCUT2D eigenvalue weighted by atomic mass is 9.83. The molecule has 2 atom stereocenters. The van der Waals surface area contributed by atoms with Crippen LogP contribution in [0.2, 0.25) is 0 Å². The third kappa shape index (κ3) is 10.4. The van der Waals surface area contributed by atoms with Crippen LogP contribution in [-0.4, -0.2) is 94.0 Å². The standard InChI is InChI=1S/C57H60N8O7S/c1-34(32-63-27-29-64(30-28-63)57-59-45-22-17-38(31-48(45)72-57)41-21-24-51(66)61-53(41)67)13-14-36-15-18-39(19-16-36)71-47-11-6-8-40(35(47)2)42-20-23-50(60-52(42)55(69)70)65-26-25-37-7-5-9-43(44(37)33-65)54(68)62-56-58-46-10-3-4-12-49(46)73-56/h3-12,17,20,22-23,31,34,36,39,41H,13-16,18-19,21,24-30,32-33H2,1-2H3,(H,69,70)(H,58,62,68)(H,61,66,67)/t34-,36?,39?,41-/m0/s1. The molecule has 1 aliphatic carbocycles. The minimum absolute atomic E-state index is 0.0213. The van der Waals surface area contributed by atoms with E-state index < -0.39 is 5.97 Å². The molecule has 73 heavy (non-hydrogen) atoms. The molecule has 3 N–H and O–H groups in total. The predicted octanol–water partition coefficient (Wildman–Crippen LogP) is 10.0. The van der Waals surface area contributed by atoms with Gasteiger partial charge in [-0.15, -0.1) is 0 Å². The van der Waals surface area contributed by atoms with Gasteiger partial charge in [0.1, 0.15) is 17.1 Å². The summed E-state index contributed by atoms with van der Waals surface area (Å²) in [5, 5.41) is 16.5. The Morgan fingerprint density at radius 1 is 0.849 bits per heavy atom. The van der Waals surface area contributed by atoms with Crippen LogP contribution in [0.5, 0.6) is 5.75 Å². The molecule has 0 bridgehead atoms. The number of rotatable bonds is 14. The number of piperidine rings is 1. The average Bonchev–Trinajstić information content (AvgIpc) is 4.03. The van der Waals surface area contributed by atoms with Gasteiger partial charge in [0, 0.05) is 63.4 Å². The zero-order chi connectivity index (χ0) is 50.2. The van der Waals surface area contributed by atoms with Gasteiger partial charge in [-0.25, -0.2) is 14.8 Å². The fourth-order valence-electron chi connectivity index (χ4n) is 11.3. The van der Waals surface area contributed by atoms with Gasteiger partial charge >= 0.3 is 5.97 Å². The minimum Gasteiger partial charge on any atom is -0.490 e. The summed E-state index contributed by atoms with van der Waals surface area (Å²) in [6.07, 6.45) is 8.24. The van der Waals surface area contributed by atoms with Crippen molar-refractivity contribution in [3.8, 4) is 16.9 Å². The van der Waals surface area contributed by atoms with E-state index in [4.69, 9.17) is 19.1 Å². The SMILES string of the molecule is Cc1c(OC2CCC(CC[C@H](C)CN3CCN(c4nc5ccc([C@@H]6CCC(=O)NC6=O)cc5o4)CC3)CC2)cccc1-c1ccc(N2CCc3cccc(C(=O)Nc4nc5ccccc5s4)c3C2)nc1C(=O)O. The maximum absolute atomic E-state index is 13.7. The van der Waals surface area contributed by atoms with E-state index in [-0.39, 0.29) is 35.4 Å². The monoisotopic (exact) mass is 1000 g/mol. The van der Waals surface area contributed by atoms with Crippen molar-refractivity contribution in [1.82, 2.24) is 25.2 Å². The molecule has 0 radical (unpaired) electrons. The quantitative estimate of drug-likeness (QED) is 0.0876. The van der Waals surface area contributed by atoms with Gasteiger partial charge < -0.3 is 24.1 Å². The van der Waals surface area contributed by atoms with Crippen LogP contribution in [0.15, 0.2) is 95.4 Å². The van der Waals surface area contributed by atoms with Crippen molar-refractivity contribution in [2.75, 3.05) is 54.4 Å². The zero-order valence-electron chi connectivity index (χ0n) is 41.3. The first-order valence-corrected chi connectivity index (χ1v) is 26.6. The molecule has 15 nitrogen and oxygen atoms in total. The largest absolute Gasteiger partial charge is 0.490 e. The first-order chi connectivity index (χ1) is 35.5. The Labute approximate surface area is 428 Å². The van der Waals surface area contributed by atoms with Crippen molar-refractivity contribution in [3.05, 3.63) is 125 Å². The average molecular weight is 1000 g/mol. The second-order valence-electron chi connectivity index (χ2n) is 20.3. The summed E-state index contributed by atoms with van der Waals surface area (Å²) in [5.74, 6) is 0.411. The fourth-order valence-corrected chi connectivity index (χ4v) is 12.2. The van der Waals surface area contributed by atoms with E-state index in [1.54, 1.807) is 0 Å². The maximum Gasteiger partial charge on any atom is 0.355 e. The normalized spacial score (nSPS) is 19.9. The van der Waals surface area contributed by atoms with E-state index in [1.807, 2.05) is 103 Å². The van der Waals surface area contributed by atoms with Gasteiger partial charge in [-0.1, -0.05) is 67.1 Å². The van der Waals surface area contributed by atoms with Crippen molar-refractivity contribution >= 4 is 73.3 Å². The number of imide groups is 1. The Hall–Kier alpha value is -7.17. The second-order valence-corrected chi connectivity index (χ2v) is 21.3. The number of carbonyl (C=O) groups is 4. The number of aromatic nitrogens is 3. The number of ether oxygens (including phenoxy) is 1. The Morgan fingerprint density at radius 2 is 1.67 bits per heavy atom. The zero-order valence-corrected chi connectivity index (χ0v) is 42.1. The molecule has 3 aromatic heterocycles. The van der Waals surface area contributed by atoms with Crippen molar-refractivity contribution < 1.29 is 33.4 Å². The van der Waals surface area contributed by atoms with Gasteiger partial charge in [0.05, 0.1) is 22.2 Å². The number of nitrogens with one attached hydrogen (secondary N) is 2. The van der Waals surface area contributed by atoms with E-state index in [9.17, 15) is 24.3 Å². The lowest BCUT2D eigenvalue weighted by Gasteiger charge is -2.35. The number of fused-ring (bicyclic) bond motifs is 3. The highest BCUT2D eigenvalue weighted by molar-refractivity contribution is 7.22. The highest BCUT2D eigenvalue weighted by Crippen LogP contribution is 2.38. The van der Waals surface area contributed by atoms with Gasteiger partial charge in [0.2, 0.25) is 11.8 Å². The van der Waals surface area contributed by atoms with E-state index in [2.05, 4.69) is 32.3 Å². The van der Waals surface area contributed by atoms with Crippen LogP contribution in [0.1, 0.15) is 107 Å². The third-order valence-corrected chi connectivity index (χ3v) is 16.4. The molecule has 376 valence electrons. The Bertz CT molecular complexity index is 3190. The van der Waals surface area contributed by atoms with Crippen LogP contribution in [0, 0.1) is 18.8 Å². The van der Waals surface area contributed by atoms with E-state index in [1.165, 1.54) is 24.2 Å². The third-order valence-electron chi connectivity index (χ3n) is 15.4. The first kappa shape index (κ1) is 48.1. The van der Waals surface area contributed by atoms with E-state index in [0.29, 0.717) is 77.9 Å². The summed E-state index contributed by atoms with van der Waals surface area (Å²) in [6, 6.07) is 29.5. The summed E-state index contributed by atoms with van der Waals surface area (Å²) in [6.45, 7) is 10.0. The lowest BCUT2D eigenvalue weighted by Crippen LogP contribution is -2.47. The molecular weight excluding hydrogens is 941 g/mol. The number of aromatic carboxylic acids is 1. The first-order valence-electron chi connectivity index (χ1n) is 25.7. The predicted molar refractivity (Wildman–Crippen MR) is 283 cm³/mol. The topological polar surface area (TPSA) is 183 Å². The smallest absolute Gasteiger partial charge is 0.355 e. The molecule has 1 saturated carbocycles. The van der Waals surface area contributed by atoms with E-state index in [0.717, 1.165) is 108 Å². The number of carboxylic acids is 1. The molecule has 0 spiro atoms. The number of oxazole rings is 1. The highest BCUT2D eigenvalue weighted by atomic mass is 32.1. The molecule has 3 amide bonds. The number of nitrogens with zero attached hydrogens (tertiary/aromatic N) is 6. The molecule has 4 aliphatic rings. The fraction of sp³-hybridized carbons (Fsp3) is 0.386. The van der Waals surface area contributed by atoms with E-state index >= 15 is 0 Å². The Balaban J connectivity index is 0.655. The van der Waals surface area contributed by atoms with Crippen LogP contribution < -0.4 is 25.2 Å². The van der Waals surface area contributed by atoms with Gasteiger partial charge in [-0.2, -0.15) is 4.98 Å². The number of carboxylic acid groups (broad SMARTS) is 1. The van der Waals surface area contributed by atoms with Crippen LogP contribution in [0.3, 0.4) is 0 Å². The number of carbonyl (C=O) groups excluding carboxylic acids is 3. The van der Waals surface area contributed by atoms with Crippen LogP contribution in [0.4, 0.5) is 17.0 Å². The number of pyridine rings is 1. The number of benzene rings is 4. The van der Waals surface area contributed by atoms with Gasteiger partial charge in [0.25, 0.3) is 11.9 Å². The molecule has 7 aromatic rings. The molecule has 2 saturated heterocycles. The number of amides is 3. The number of para-hydroxylation sites is 1. The van der Waals surface area contributed by atoms with Crippen molar-refractivity contribution in [3.63, 3.8) is 0 Å². The van der Waals surface area contributed by atoms with Crippen LogP contribution >= 0.6 is 11.3 Å². The van der Waals surface area contributed by atoms with Crippen molar-refractivity contribution in [1.29, 1.82) is 0 Å². The summed E-state index contributed by atoms with van der Waals surface area (Å²) >= 11 is 1.44. The summed E-state index contributed by atoms with van der Waals surface area (Å²) in [4.78, 5) is 71.6. The number of anilines is 3. The molecule has 0 unspecified atom stereocenters. The van der Waals surface area contributed by atoms with Gasteiger partial charge in [-0.05, 0) is 140 Å². The molecular formula is C57H60N8O7S. The van der Waals surface area contributed by atoms with Crippen molar-refractivity contribution in [2.24, 2.45) is 11.8 Å². The molecule has 11 rings (SSSR count). The van der Waals surface area contributed by atoms with Crippen molar-refractivity contribution in [2.45, 2.75) is 90.2 Å². The molecule has 4 aromatic carbocycles. The maximum atomic E-state index is 13.7. The lowest BCUT2D eigenvalue weighted by molar-refractivity contribution is -0.134. The molecule has 3 fully saturated rings. The number of hydrogen-bond donors (Lipinski definition) is 3. The number of hydrogen-bond acceptors (Lipinski definition) is 13. The van der Waals surface area contributed by atoms with Gasteiger partial charge in [-0.3, -0.25) is 29.9 Å². The summed E-state index contributed by atoms with van der Waals surface area (Å²) in [5.41, 5.74) is 7.85. The molecule has 3 aliphatic heterocycles. The minimum atomic E-state index is -1.10. The summed E-state index contributed by atoms with van der Waals surface area (Å²) < 4.78 is 13.9. The number of piperazine rings is 1. The molecule has 16 heteroatoms. The van der Waals surface area contributed by atoms with Gasteiger partial charge in [0.15, 0.2) is 16.4 Å². The second kappa shape index (κ2) is 20.7. The number of thiazole rings is 1. The Kier molecular flexibility index (Phi) is 13.7. The molecule has 6 heterocycles. The highest BCUT2D eigenvalue weighted by Gasteiger charge is 2.31. The van der Waals surface area contributed by atoms with Crippen LogP contribution in [-0.2, 0) is 22.6 Å². The Morgan fingerprint density at radius 3 is 2.48 bits per heavy atom.